The van der Waals surface area contributed by atoms with Crippen LogP contribution in [0.1, 0.15) is 5.56 Å². The number of nitrogens with one attached hydrogen (secondary N) is 3. The molecule has 12 heteroatoms. The van der Waals surface area contributed by atoms with E-state index in [0.717, 1.165) is 12.2 Å². The van der Waals surface area contributed by atoms with Crippen molar-refractivity contribution in [2.75, 3.05) is 49.4 Å². The summed E-state index contributed by atoms with van der Waals surface area (Å²) < 4.78 is 20.1. The number of ether oxygens (including phenoxy) is 4. The summed E-state index contributed by atoms with van der Waals surface area (Å²) >= 11 is 0. The highest BCUT2D eigenvalue weighted by molar-refractivity contribution is 5.90. The molecule has 0 atom stereocenters. The monoisotopic (exact) mass is 477 g/mol. The van der Waals surface area contributed by atoms with Gasteiger partial charge in [-0.05, 0) is 24.6 Å². The van der Waals surface area contributed by atoms with Gasteiger partial charge in [-0.2, -0.15) is 0 Å². The maximum absolute atomic E-state index is 12.5. The zero-order valence-corrected chi connectivity index (χ0v) is 18.9. The van der Waals surface area contributed by atoms with E-state index in [0.29, 0.717) is 29.0 Å². The second-order valence-electron chi connectivity index (χ2n) is 6.94. The molecule has 12 nitrogen and oxygen atoms in total. The highest BCUT2D eigenvalue weighted by atomic mass is 16.6. The predicted molar refractivity (Wildman–Crippen MR) is 122 cm³/mol. The Morgan fingerprint density at radius 1 is 0.941 bits per heavy atom. The van der Waals surface area contributed by atoms with Gasteiger partial charge in [-0.25, -0.2) is 14.4 Å². The molecule has 0 saturated carbocycles. The minimum atomic E-state index is -1.41. The normalized spacial score (nSPS) is 10.2. The lowest BCUT2D eigenvalue weighted by Crippen LogP contribution is -2.43. The van der Waals surface area contributed by atoms with E-state index in [1.807, 2.05) is 0 Å². The van der Waals surface area contributed by atoms with Crippen molar-refractivity contribution in [2.24, 2.45) is 5.41 Å². The van der Waals surface area contributed by atoms with Crippen LogP contribution in [0.5, 0.6) is 0 Å². The van der Waals surface area contributed by atoms with Crippen LogP contribution in [0.25, 0.3) is 0 Å². The Labute approximate surface area is 196 Å². The van der Waals surface area contributed by atoms with Gasteiger partial charge >= 0.3 is 18.0 Å². The van der Waals surface area contributed by atoms with Crippen molar-refractivity contribution in [3.05, 3.63) is 43.0 Å². The number of hydrogen-bond donors (Lipinski definition) is 3. The first kappa shape index (κ1) is 27.7. The molecular weight excluding hydrogens is 450 g/mol. The molecule has 34 heavy (non-hydrogen) atoms. The quantitative estimate of drug-likeness (QED) is 0.147. The minimum Gasteiger partial charge on any atom is -0.467 e. The van der Waals surface area contributed by atoms with E-state index in [1.165, 1.54) is 0 Å². The summed E-state index contributed by atoms with van der Waals surface area (Å²) in [5.74, 6) is -1.57. The summed E-state index contributed by atoms with van der Waals surface area (Å²) in [6.07, 6.45) is 1.42. The van der Waals surface area contributed by atoms with Crippen molar-refractivity contribution in [1.29, 1.82) is 0 Å². The summed E-state index contributed by atoms with van der Waals surface area (Å²) in [5.41, 5.74) is 0.539. The SMILES string of the molecule is C=CC(=O)OCC(COC=O)(COC(=O)C=C)COC(=O)Nc1cc(NC)cc(NC=O)c1C. The Morgan fingerprint density at radius 3 is 2.00 bits per heavy atom. The van der Waals surface area contributed by atoms with Gasteiger partial charge in [-0.3, -0.25) is 14.9 Å². The fraction of sp³-hybridized carbons (Fsp3) is 0.318. The number of carbonyl (C=O) groups excluding carboxylic acids is 5. The van der Waals surface area contributed by atoms with Gasteiger partial charge in [-0.15, -0.1) is 0 Å². The zero-order valence-electron chi connectivity index (χ0n) is 18.9. The van der Waals surface area contributed by atoms with Crippen molar-refractivity contribution < 1.29 is 42.9 Å². The number of esters is 2. The van der Waals surface area contributed by atoms with E-state index in [1.54, 1.807) is 26.1 Å². The fourth-order valence-corrected chi connectivity index (χ4v) is 2.59. The molecule has 0 spiro atoms. The van der Waals surface area contributed by atoms with Gasteiger partial charge in [0.25, 0.3) is 6.47 Å². The highest BCUT2D eigenvalue weighted by Crippen LogP contribution is 2.29. The Hall–Kier alpha value is -4.35. The minimum absolute atomic E-state index is 0.146. The smallest absolute Gasteiger partial charge is 0.411 e. The molecular formula is C22H27N3O9. The Balaban J connectivity index is 3.08. The average molecular weight is 477 g/mol. The van der Waals surface area contributed by atoms with E-state index in [4.69, 9.17) is 18.9 Å². The molecule has 0 aromatic heterocycles. The molecule has 0 heterocycles. The average Bonchev–Trinajstić information content (AvgIpc) is 2.84. The van der Waals surface area contributed by atoms with E-state index in [-0.39, 0.29) is 6.47 Å². The molecule has 1 rings (SSSR count). The number of amides is 2. The summed E-state index contributed by atoms with van der Waals surface area (Å²) in [6.45, 7) is 6.67. The van der Waals surface area contributed by atoms with Gasteiger partial charge in [0, 0.05) is 30.6 Å². The Bertz CT molecular complexity index is 906. The molecule has 2 amide bonds. The molecule has 0 aliphatic heterocycles. The largest absolute Gasteiger partial charge is 0.467 e. The Kier molecular flexibility index (Phi) is 11.3. The molecule has 1 aromatic rings. The maximum Gasteiger partial charge on any atom is 0.411 e. The molecule has 0 radical (unpaired) electrons. The van der Waals surface area contributed by atoms with Gasteiger partial charge < -0.3 is 29.6 Å². The molecule has 1 aromatic carbocycles. The standard InChI is InChI=1S/C22H27N3O9/c1-5-19(28)32-10-22(9-31-14-27,11-33-20(29)6-2)12-34-21(30)25-18-8-16(23-4)7-17(15(18)3)24-13-26/h5-8,13-14,23H,1-2,9-12H2,3-4H3,(H,24,26)(H,25,30). The van der Waals surface area contributed by atoms with Gasteiger partial charge in [0.05, 0.1) is 5.69 Å². The lowest BCUT2D eigenvalue weighted by atomic mass is 9.92. The van der Waals surface area contributed by atoms with Crippen LogP contribution in [0.15, 0.2) is 37.4 Å². The maximum atomic E-state index is 12.5. The number of rotatable bonds is 15. The molecule has 0 saturated heterocycles. The number of benzene rings is 1. The van der Waals surface area contributed by atoms with Crippen LogP contribution in [-0.2, 0) is 38.1 Å². The predicted octanol–water partition coefficient (Wildman–Crippen LogP) is 1.77. The first-order valence-electron chi connectivity index (χ1n) is 9.84. The van der Waals surface area contributed by atoms with Crippen LogP contribution in [0, 0.1) is 12.3 Å². The van der Waals surface area contributed by atoms with E-state index < -0.39 is 49.9 Å². The number of anilines is 3. The molecule has 0 aliphatic rings. The van der Waals surface area contributed by atoms with E-state index in [2.05, 4.69) is 29.1 Å². The first-order chi connectivity index (χ1) is 16.2. The summed E-state index contributed by atoms with van der Waals surface area (Å²) in [5, 5.41) is 7.98. The first-order valence-corrected chi connectivity index (χ1v) is 9.84. The molecule has 0 bridgehead atoms. The van der Waals surface area contributed by atoms with Crippen molar-refractivity contribution in [1.82, 2.24) is 0 Å². The van der Waals surface area contributed by atoms with Gasteiger partial charge in [0.15, 0.2) is 0 Å². The van der Waals surface area contributed by atoms with Crippen LogP contribution < -0.4 is 16.0 Å². The van der Waals surface area contributed by atoms with Crippen molar-refractivity contribution in [3.63, 3.8) is 0 Å². The second-order valence-corrected chi connectivity index (χ2v) is 6.94. The third kappa shape index (κ3) is 8.65. The zero-order chi connectivity index (χ0) is 25.6. The van der Waals surface area contributed by atoms with Crippen molar-refractivity contribution >= 4 is 48.0 Å². The lowest BCUT2D eigenvalue weighted by Gasteiger charge is -2.30. The summed E-state index contributed by atoms with van der Waals surface area (Å²) in [7, 11) is 1.66. The van der Waals surface area contributed by atoms with Gasteiger partial charge in [-0.1, -0.05) is 13.2 Å². The van der Waals surface area contributed by atoms with Crippen LogP contribution in [-0.4, -0.2) is 64.4 Å². The Morgan fingerprint density at radius 2 is 1.50 bits per heavy atom. The lowest BCUT2D eigenvalue weighted by molar-refractivity contribution is -0.156. The topological polar surface area (TPSA) is 158 Å². The van der Waals surface area contributed by atoms with Crippen LogP contribution in [0.3, 0.4) is 0 Å². The molecule has 0 fully saturated rings. The third-order valence-corrected chi connectivity index (χ3v) is 4.49. The van der Waals surface area contributed by atoms with Gasteiger partial charge in [0.1, 0.15) is 31.8 Å². The summed E-state index contributed by atoms with van der Waals surface area (Å²) in [4.78, 5) is 57.3. The molecule has 3 N–H and O–H groups in total. The van der Waals surface area contributed by atoms with Crippen LogP contribution in [0.4, 0.5) is 21.9 Å². The van der Waals surface area contributed by atoms with Gasteiger partial charge in [0.2, 0.25) is 6.41 Å². The summed E-state index contributed by atoms with van der Waals surface area (Å²) in [6, 6.07) is 3.29. The number of carbonyl (C=O) groups is 5. The molecule has 0 unspecified atom stereocenters. The fourth-order valence-electron chi connectivity index (χ4n) is 2.59. The third-order valence-electron chi connectivity index (χ3n) is 4.49. The molecule has 184 valence electrons. The van der Waals surface area contributed by atoms with E-state index >= 15 is 0 Å². The second kappa shape index (κ2) is 13.9. The van der Waals surface area contributed by atoms with Crippen LogP contribution >= 0.6 is 0 Å². The van der Waals surface area contributed by atoms with Crippen molar-refractivity contribution in [2.45, 2.75) is 6.92 Å². The van der Waals surface area contributed by atoms with Crippen molar-refractivity contribution in [3.8, 4) is 0 Å². The van der Waals surface area contributed by atoms with Crippen LogP contribution in [0.2, 0.25) is 0 Å². The molecule has 0 aliphatic carbocycles. The number of hydrogen-bond acceptors (Lipinski definition) is 10. The van der Waals surface area contributed by atoms with E-state index in [9.17, 15) is 24.0 Å². The highest BCUT2D eigenvalue weighted by Gasteiger charge is 2.37.